The second-order valence-corrected chi connectivity index (χ2v) is 1.93. The smallest absolute Gasteiger partial charge is 0.356 e. The highest BCUT2D eigenvalue weighted by Gasteiger charge is 2.09. The largest absolute Gasteiger partial charge is 0.461 e. The number of hydrogen-bond donors (Lipinski definition) is 2. The average Bonchev–Trinajstić information content (AvgIpc) is 2.07. The molecule has 0 aliphatic carbocycles. The lowest BCUT2D eigenvalue weighted by Gasteiger charge is -2.11. The first kappa shape index (κ1) is 7.65. The van der Waals surface area contributed by atoms with Crippen molar-refractivity contribution in [2.24, 2.45) is 0 Å². The normalized spacial score (nSPS) is 14.5. The molecule has 0 aromatic rings. The number of ether oxygens (including phenoxy) is 1. The van der Waals surface area contributed by atoms with Crippen molar-refractivity contribution >= 4 is 5.97 Å². The summed E-state index contributed by atoms with van der Waals surface area (Å²) >= 11 is 0. The average molecular weight is 154 g/mol. The Morgan fingerprint density at radius 1 is 1.73 bits per heavy atom. The molecule has 1 aliphatic heterocycles. The minimum absolute atomic E-state index is 0.343. The van der Waals surface area contributed by atoms with E-state index in [0.29, 0.717) is 12.3 Å². The third-order valence-corrected chi connectivity index (χ3v) is 1.14. The van der Waals surface area contributed by atoms with Gasteiger partial charge in [-0.15, -0.1) is 0 Å². The summed E-state index contributed by atoms with van der Waals surface area (Å²) in [6.45, 7) is 2.16. The number of rotatable bonds is 2. The van der Waals surface area contributed by atoms with Crippen LogP contribution in [0.2, 0.25) is 0 Å². The highest BCUT2D eigenvalue weighted by molar-refractivity contribution is 5.88. The topological polar surface area (TPSA) is 50.4 Å². The number of hydrogen-bond acceptors (Lipinski definition) is 4. The zero-order valence-corrected chi connectivity index (χ0v) is 6.26. The number of carbonyl (C=O) groups excluding carboxylic acids is 1. The fraction of sp³-hybridized carbons (Fsp3) is 0.286. The summed E-state index contributed by atoms with van der Waals surface area (Å²) in [4.78, 5) is 11.0. The standard InChI is InChI=1S/C7H10N2O2/c1-2-11-7(10)6-4-3-5-8-9-6/h3-5,8-9H,2H2,1H3. The zero-order chi connectivity index (χ0) is 8.10. The molecule has 0 amide bonds. The lowest BCUT2D eigenvalue weighted by Crippen LogP contribution is -2.32. The highest BCUT2D eigenvalue weighted by atomic mass is 16.5. The van der Waals surface area contributed by atoms with Crippen LogP contribution in [-0.2, 0) is 9.53 Å². The summed E-state index contributed by atoms with van der Waals surface area (Å²) in [5, 5.41) is 0. The van der Waals surface area contributed by atoms with Crippen molar-refractivity contribution in [3.05, 3.63) is 24.0 Å². The van der Waals surface area contributed by atoms with Crippen LogP contribution in [0.25, 0.3) is 0 Å². The summed E-state index contributed by atoms with van der Waals surface area (Å²) < 4.78 is 4.74. The Hall–Kier alpha value is -1.45. The van der Waals surface area contributed by atoms with E-state index in [4.69, 9.17) is 4.74 Å². The molecule has 0 atom stereocenters. The van der Waals surface area contributed by atoms with Crippen LogP contribution in [0.5, 0.6) is 0 Å². The third kappa shape index (κ3) is 2.00. The Morgan fingerprint density at radius 3 is 3.09 bits per heavy atom. The van der Waals surface area contributed by atoms with Crippen molar-refractivity contribution < 1.29 is 9.53 Å². The van der Waals surface area contributed by atoms with Gasteiger partial charge in [0.1, 0.15) is 5.70 Å². The van der Waals surface area contributed by atoms with Gasteiger partial charge < -0.3 is 10.2 Å². The zero-order valence-electron chi connectivity index (χ0n) is 6.26. The molecule has 0 unspecified atom stereocenters. The van der Waals surface area contributed by atoms with Crippen LogP contribution in [0.1, 0.15) is 6.92 Å². The van der Waals surface area contributed by atoms with Crippen LogP contribution >= 0.6 is 0 Å². The molecule has 60 valence electrons. The molecule has 0 spiro atoms. The molecule has 0 saturated heterocycles. The molecule has 2 N–H and O–H groups in total. The van der Waals surface area contributed by atoms with Gasteiger partial charge in [-0.25, -0.2) is 4.79 Å². The molecular formula is C7H10N2O2. The summed E-state index contributed by atoms with van der Waals surface area (Å²) in [5.41, 5.74) is 5.75. The molecule has 0 saturated carbocycles. The quantitative estimate of drug-likeness (QED) is 0.552. The van der Waals surface area contributed by atoms with Crippen molar-refractivity contribution in [3.8, 4) is 0 Å². The van der Waals surface area contributed by atoms with Crippen LogP contribution in [0, 0.1) is 0 Å². The maximum absolute atomic E-state index is 11.0. The molecule has 1 aliphatic rings. The number of carbonyl (C=O) groups is 1. The number of esters is 1. The van der Waals surface area contributed by atoms with E-state index in [2.05, 4.69) is 10.9 Å². The molecule has 0 aromatic heterocycles. The highest BCUT2D eigenvalue weighted by Crippen LogP contribution is 1.95. The second kappa shape index (κ2) is 3.65. The van der Waals surface area contributed by atoms with Gasteiger partial charge in [0.25, 0.3) is 0 Å². The number of nitrogens with one attached hydrogen (secondary N) is 2. The Bertz CT molecular complexity index is 208. The van der Waals surface area contributed by atoms with E-state index in [9.17, 15) is 4.79 Å². The number of allylic oxidation sites excluding steroid dienone is 2. The third-order valence-electron chi connectivity index (χ3n) is 1.14. The van der Waals surface area contributed by atoms with E-state index in [0.717, 1.165) is 0 Å². The van der Waals surface area contributed by atoms with Gasteiger partial charge in [-0.3, -0.25) is 5.43 Å². The van der Waals surface area contributed by atoms with E-state index >= 15 is 0 Å². The first-order valence-corrected chi connectivity index (χ1v) is 3.40. The van der Waals surface area contributed by atoms with Crippen molar-refractivity contribution in [1.82, 2.24) is 10.9 Å². The van der Waals surface area contributed by atoms with E-state index in [-0.39, 0.29) is 5.97 Å². The molecule has 11 heavy (non-hydrogen) atoms. The van der Waals surface area contributed by atoms with Crippen molar-refractivity contribution in [2.75, 3.05) is 6.61 Å². The molecule has 0 aromatic carbocycles. The van der Waals surface area contributed by atoms with Gasteiger partial charge in [0, 0.05) is 6.20 Å². The maximum Gasteiger partial charge on any atom is 0.356 e. The summed E-state index contributed by atoms with van der Waals surface area (Å²) in [5.74, 6) is -0.343. The first-order chi connectivity index (χ1) is 5.34. The Morgan fingerprint density at radius 2 is 2.55 bits per heavy atom. The summed E-state index contributed by atoms with van der Waals surface area (Å²) in [7, 11) is 0. The molecule has 0 bridgehead atoms. The van der Waals surface area contributed by atoms with E-state index in [1.807, 2.05) is 0 Å². The lowest BCUT2D eigenvalue weighted by molar-refractivity contribution is -0.139. The van der Waals surface area contributed by atoms with E-state index < -0.39 is 0 Å². The number of hydrazine groups is 1. The predicted octanol–water partition coefficient (Wildman–Crippen LogP) is 0.0549. The SMILES string of the molecule is CCOC(=O)C1=CC=CNN1. The molecule has 0 radical (unpaired) electrons. The van der Waals surface area contributed by atoms with Crippen LogP contribution < -0.4 is 10.9 Å². The first-order valence-electron chi connectivity index (χ1n) is 3.40. The maximum atomic E-state index is 11.0. The minimum Gasteiger partial charge on any atom is -0.461 e. The van der Waals surface area contributed by atoms with Crippen LogP contribution in [0.4, 0.5) is 0 Å². The minimum atomic E-state index is -0.343. The van der Waals surface area contributed by atoms with Crippen molar-refractivity contribution in [1.29, 1.82) is 0 Å². The second-order valence-electron chi connectivity index (χ2n) is 1.93. The predicted molar refractivity (Wildman–Crippen MR) is 40.1 cm³/mol. The molecule has 4 heteroatoms. The Kier molecular flexibility index (Phi) is 2.54. The summed E-state index contributed by atoms with van der Waals surface area (Å²) in [6.07, 6.45) is 5.06. The van der Waals surface area contributed by atoms with Crippen LogP contribution in [-0.4, -0.2) is 12.6 Å². The van der Waals surface area contributed by atoms with Gasteiger partial charge in [0.05, 0.1) is 6.61 Å². The van der Waals surface area contributed by atoms with Crippen LogP contribution in [0.3, 0.4) is 0 Å². The lowest BCUT2D eigenvalue weighted by atomic mass is 10.4. The molecular weight excluding hydrogens is 144 g/mol. The van der Waals surface area contributed by atoms with Gasteiger partial charge in [0.15, 0.2) is 0 Å². The van der Waals surface area contributed by atoms with Gasteiger partial charge in [-0.1, -0.05) is 0 Å². The van der Waals surface area contributed by atoms with Gasteiger partial charge in [-0.2, -0.15) is 0 Å². The fourth-order valence-corrected chi connectivity index (χ4v) is 0.681. The molecule has 4 nitrogen and oxygen atoms in total. The van der Waals surface area contributed by atoms with E-state index in [1.165, 1.54) is 0 Å². The van der Waals surface area contributed by atoms with Gasteiger partial charge >= 0.3 is 5.97 Å². The van der Waals surface area contributed by atoms with Gasteiger partial charge in [0.2, 0.25) is 0 Å². The van der Waals surface area contributed by atoms with Gasteiger partial charge in [-0.05, 0) is 19.1 Å². The Balaban J connectivity index is 2.52. The monoisotopic (exact) mass is 154 g/mol. The van der Waals surface area contributed by atoms with Crippen molar-refractivity contribution in [3.63, 3.8) is 0 Å². The Labute approximate surface area is 64.9 Å². The fourth-order valence-electron chi connectivity index (χ4n) is 0.681. The van der Waals surface area contributed by atoms with Crippen molar-refractivity contribution in [2.45, 2.75) is 6.92 Å². The molecule has 1 rings (SSSR count). The summed E-state index contributed by atoms with van der Waals surface area (Å²) in [6, 6.07) is 0. The van der Waals surface area contributed by atoms with E-state index in [1.54, 1.807) is 25.3 Å². The van der Waals surface area contributed by atoms with Crippen LogP contribution in [0.15, 0.2) is 24.0 Å². The molecule has 1 heterocycles. The molecule has 0 fully saturated rings.